The van der Waals surface area contributed by atoms with Gasteiger partial charge in [0.1, 0.15) is 18.1 Å². The molecule has 1 aliphatic heterocycles. The first-order chi connectivity index (χ1) is 18.2. The Morgan fingerprint density at radius 2 is 1.84 bits per heavy atom. The van der Waals surface area contributed by atoms with E-state index in [0.717, 1.165) is 35.6 Å². The van der Waals surface area contributed by atoms with Crippen LogP contribution >= 0.6 is 0 Å². The van der Waals surface area contributed by atoms with Gasteiger partial charge in [-0.05, 0) is 84.8 Å². The predicted molar refractivity (Wildman–Crippen MR) is 144 cm³/mol. The highest BCUT2D eigenvalue weighted by molar-refractivity contribution is 5.77. The number of benzene rings is 3. The van der Waals surface area contributed by atoms with E-state index in [1.807, 2.05) is 19.9 Å². The maximum Gasteiger partial charge on any atom is 0.309 e. The molecule has 194 valence electrons. The number of esters is 1. The van der Waals surface area contributed by atoms with Crippen molar-refractivity contribution < 1.29 is 23.7 Å². The molecule has 1 fully saturated rings. The molecule has 1 N–H and O–H groups in total. The van der Waals surface area contributed by atoms with Gasteiger partial charge in [-0.3, -0.25) is 4.79 Å². The molecule has 0 saturated heterocycles. The maximum absolute atomic E-state index is 11.9. The van der Waals surface area contributed by atoms with Crippen molar-refractivity contribution in [3.05, 3.63) is 77.4 Å². The summed E-state index contributed by atoms with van der Waals surface area (Å²) in [6.07, 6.45) is 1.72. The van der Waals surface area contributed by atoms with Crippen LogP contribution in [0.2, 0.25) is 0 Å². The smallest absolute Gasteiger partial charge is 0.309 e. The second kappa shape index (κ2) is 11.7. The molecule has 0 aromatic heterocycles. The van der Waals surface area contributed by atoms with Gasteiger partial charge in [0.25, 0.3) is 0 Å². The number of rotatable bonds is 11. The van der Waals surface area contributed by atoms with Crippen molar-refractivity contribution in [3.63, 3.8) is 0 Å². The fourth-order valence-corrected chi connectivity index (χ4v) is 4.91. The molecule has 5 rings (SSSR count). The van der Waals surface area contributed by atoms with Gasteiger partial charge >= 0.3 is 5.97 Å². The molecule has 3 aromatic carbocycles. The van der Waals surface area contributed by atoms with Crippen molar-refractivity contribution in [3.8, 4) is 22.6 Å². The molecule has 1 aliphatic carbocycles. The van der Waals surface area contributed by atoms with Gasteiger partial charge in [-0.2, -0.15) is 0 Å². The number of nitrogens with one attached hydrogen (secondary N) is 1. The minimum absolute atomic E-state index is 0.0150. The zero-order valence-electron chi connectivity index (χ0n) is 21.6. The highest BCUT2D eigenvalue weighted by Crippen LogP contribution is 2.48. The summed E-state index contributed by atoms with van der Waals surface area (Å²) in [5.41, 5.74) is 6.97. The van der Waals surface area contributed by atoms with Crippen LogP contribution in [-0.2, 0) is 27.2 Å². The molecule has 0 amide bonds. The highest BCUT2D eigenvalue weighted by Gasteiger charge is 2.45. The van der Waals surface area contributed by atoms with Crippen LogP contribution in [0.3, 0.4) is 0 Å². The van der Waals surface area contributed by atoms with Crippen LogP contribution < -0.4 is 14.8 Å². The molecular formula is C31H35NO5. The summed E-state index contributed by atoms with van der Waals surface area (Å²) in [5, 5.41) is 3.53. The first kappa shape index (κ1) is 25.2. The first-order valence-electron chi connectivity index (χ1n) is 13.3. The van der Waals surface area contributed by atoms with Crippen LogP contribution in [0.4, 0.5) is 5.69 Å². The molecule has 1 saturated carbocycles. The van der Waals surface area contributed by atoms with E-state index in [4.69, 9.17) is 18.9 Å². The Balaban J connectivity index is 1.23. The molecular weight excluding hydrogens is 466 g/mol. The van der Waals surface area contributed by atoms with Gasteiger partial charge in [0.2, 0.25) is 0 Å². The van der Waals surface area contributed by atoms with E-state index in [2.05, 4.69) is 59.9 Å². The van der Waals surface area contributed by atoms with E-state index in [1.54, 1.807) is 0 Å². The number of anilines is 1. The third-order valence-corrected chi connectivity index (χ3v) is 6.96. The molecule has 1 heterocycles. The Morgan fingerprint density at radius 3 is 2.65 bits per heavy atom. The molecule has 0 radical (unpaired) electrons. The molecule has 6 nitrogen and oxygen atoms in total. The normalized spacial score (nSPS) is 17.6. The monoisotopic (exact) mass is 501 g/mol. The molecule has 0 bridgehead atoms. The van der Waals surface area contributed by atoms with Crippen molar-refractivity contribution in [1.29, 1.82) is 0 Å². The highest BCUT2D eigenvalue weighted by atomic mass is 16.5. The Hall–Kier alpha value is -3.51. The van der Waals surface area contributed by atoms with Crippen LogP contribution in [0, 0.1) is 5.92 Å². The summed E-state index contributed by atoms with van der Waals surface area (Å²) in [6.45, 7) is 7.45. The minimum atomic E-state index is -0.0752. The summed E-state index contributed by atoms with van der Waals surface area (Å²) < 4.78 is 22.5. The molecule has 0 spiro atoms. The van der Waals surface area contributed by atoms with Crippen molar-refractivity contribution in [2.75, 3.05) is 38.4 Å². The van der Waals surface area contributed by atoms with Crippen molar-refractivity contribution >= 4 is 11.7 Å². The number of carbonyl (C=O) groups is 1. The van der Waals surface area contributed by atoms with Crippen LogP contribution in [0.1, 0.15) is 42.9 Å². The van der Waals surface area contributed by atoms with E-state index in [-0.39, 0.29) is 17.8 Å². The average Bonchev–Trinajstić information content (AvgIpc) is 3.74. The number of fused-ring (bicyclic) bond motifs is 3. The molecule has 1 unspecified atom stereocenters. The van der Waals surface area contributed by atoms with Crippen molar-refractivity contribution in [2.24, 2.45) is 5.92 Å². The summed E-state index contributed by atoms with van der Waals surface area (Å²) in [7, 11) is 0. The standard InChI is InChI=1S/C31H35NO5/c1-3-34-15-16-36-25-10-11-26-23(18-25)13-14-37-30-12-5-21(17-28(26)30)20-32-24-8-6-22(7-9-24)27-19-29(27)31(33)35-4-2/h5-12,17-18,27,29,32H,3-4,13-16,19-20H2,1-2H3/t27?,29-/m0/s1. The summed E-state index contributed by atoms with van der Waals surface area (Å²) in [4.78, 5) is 11.9. The summed E-state index contributed by atoms with van der Waals surface area (Å²) in [6, 6.07) is 21.1. The first-order valence-corrected chi connectivity index (χ1v) is 13.3. The Morgan fingerprint density at radius 1 is 0.973 bits per heavy atom. The topological polar surface area (TPSA) is 66.0 Å². The fraction of sp³-hybridized carbons (Fsp3) is 0.387. The number of ether oxygens (including phenoxy) is 4. The van der Waals surface area contributed by atoms with Crippen molar-refractivity contribution in [1.82, 2.24) is 0 Å². The zero-order chi connectivity index (χ0) is 25.6. The van der Waals surface area contributed by atoms with E-state index in [9.17, 15) is 4.79 Å². The van der Waals surface area contributed by atoms with Gasteiger partial charge in [-0.15, -0.1) is 0 Å². The molecule has 3 aromatic rings. The zero-order valence-corrected chi connectivity index (χ0v) is 21.6. The Bertz CT molecular complexity index is 1220. The minimum Gasteiger partial charge on any atom is -0.493 e. The molecule has 6 heteroatoms. The number of hydrogen-bond donors (Lipinski definition) is 1. The average molecular weight is 502 g/mol. The maximum atomic E-state index is 11.9. The number of hydrogen-bond acceptors (Lipinski definition) is 6. The molecule has 37 heavy (non-hydrogen) atoms. The summed E-state index contributed by atoms with van der Waals surface area (Å²) in [5.74, 6) is 2.00. The van der Waals surface area contributed by atoms with E-state index < -0.39 is 0 Å². The quantitative estimate of drug-likeness (QED) is 0.257. The lowest BCUT2D eigenvalue weighted by molar-refractivity contribution is -0.144. The summed E-state index contributed by atoms with van der Waals surface area (Å²) >= 11 is 0. The number of carbonyl (C=O) groups excluding carboxylic acids is 1. The SMILES string of the molecule is CCOCCOc1ccc2c(c1)CCOc1ccc(CNc3ccc(C4C[C@@H]4C(=O)OCC)cc3)cc1-2. The lowest BCUT2D eigenvalue weighted by atomic mass is 9.96. The van der Waals surface area contributed by atoms with E-state index in [1.165, 1.54) is 22.3 Å². The predicted octanol–water partition coefficient (Wildman–Crippen LogP) is 5.98. The largest absolute Gasteiger partial charge is 0.493 e. The second-order valence-electron chi connectivity index (χ2n) is 9.47. The second-order valence-corrected chi connectivity index (χ2v) is 9.47. The van der Waals surface area contributed by atoms with Gasteiger partial charge in [0.05, 0.1) is 25.7 Å². The van der Waals surface area contributed by atoms with E-state index >= 15 is 0 Å². The Labute approximate surface area is 218 Å². The third kappa shape index (κ3) is 6.08. The van der Waals surface area contributed by atoms with Crippen LogP contribution in [0.5, 0.6) is 11.5 Å². The fourth-order valence-electron chi connectivity index (χ4n) is 4.91. The van der Waals surface area contributed by atoms with Gasteiger partial charge in [-0.25, -0.2) is 0 Å². The van der Waals surface area contributed by atoms with Gasteiger partial charge in [0, 0.05) is 30.8 Å². The lowest BCUT2D eigenvalue weighted by Crippen LogP contribution is -2.07. The van der Waals surface area contributed by atoms with E-state index in [0.29, 0.717) is 39.6 Å². The van der Waals surface area contributed by atoms with Crippen LogP contribution in [0.15, 0.2) is 60.7 Å². The lowest BCUT2D eigenvalue weighted by Gasteiger charge is -2.14. The van der Waals surface area contributed by atoms with Crippen molar-refractivity contribution in [2.45, 2.75) is 39.2 Å². The molecule has 2 aliphatic rings. The van der Waals surface area contributed by atoms with Gasteiger partial charge in [0.15, 0.2) is 0 Å². The molecule has 2 atom stereocenters. The van der Waals surface area contributed by atoms with Gasteiger partial charge in [-0.1, -0.05) is 24.3 Å². The third-order valence-electron chi connectivity index (χ3n) is 6.96. The Kier molecular flexibility index (Phi) is 7.95. The van der Waals surface area contributed by atoms with Crippen LogP contribution in [0.25, 0.3) is 11.1 Å². The van der Waals surface area contributed by atoms with Gasteiger partial charge < -0.3 is 24.3 Å². The van der Waals surface area contributed by atoms with Crippen LogP contribution in [-0.4, -0.2) is 39.0 Å².